The molecule has 0 spiro atoms. The highest BCUT2D eigenvalue weighted by Crippen LogP contribution is 2.09. The molecule has 2 aromatic rings. The first kappa shape index (κ1) is 11.5. The third kappa shape index (κ3) is 3.22. The summed E-state index contributed by atoms with van der Waals surface area (Å²) in [7, 11) is 0. The highest BCUT2D eigenvalue weighted by atomic mass is 35.5. The van der Waals surface area contributed by atoms with Crippen molar-refractivity contribution in [3.63, 3.8) is 0 Å². The number of nitrogens with one attached hydrogen (secondary N) is 1. The van der Waals surface area contributed by atoms with E-state index in [4.69, 9.17) is 11.6 Å². The molecule has 2 aromatic heterocycles. The summed E-state index contributed by atoms with van der Waals surface area (Å²) in [4.78, 5) is 19.5. The number of anilines is 1. The summed E-state index contributed by atoms with van der Waals surface area (Å²) in [6.45, 7) is 1.82. The molecule has 0 saturated heterocycles. The van der Waals surface area contributed by atoms with Gasteiger partial charge in [0.2, 0.25) is 11.9 Å². The van der Waals surface area contributed by atoms with Crippen LogP contribution in [0.3, 0.4) is 0 Å². The minimum atomic E-state index is -0.294. The molecule has 0 bridgehead atoms. The van der Waals surface area contributed by atoms with Gasteiger partial charge in [0.15, 0.2) is 0 Å². The van der Waals surface area contributed by atoms with Crippen LogP contribution in [0.4, 0.5) is 5.95 Å². The Morgan fingerprint density at radius 1 is 1.53 bits per heavy atom. The largest absolute Gasteiger partial charge is 0.293 e. The van der Waals surface area contributed by atoms with Crippen LogP contribution in [0.1, 0.15) is 5.69 Å². The van der Waals surface area contributed by atoms with Crippen LogP contribution in [0.5, 0.6) is 0 Å². The van der Waals surface area contributed by atoms with Gasteiger partial charge in [-0.1, -0.05) is 16.8 Å². The first-order valence-electron chi connectivity index (χ1n) is 4.78. The molecule has 1 amide bonds. The summed E-state index contributed by atoms with van der Waals surface area (Å²) >= 11 is 5.75. The molecule has 0 radical (unpaired) electrons. The Hall–Kier alpha value is -2.02. The second-order valence-corrected chi connectivity index (χ2v) is 3.69. The molecular weight excluding hydrogens is 244 g/mol. The fourth-order valence-corrected chi connectivity index (χ4v) is 1.45. The van der Waals surface area contributed by atoms with Crippen LogP contribution >= 0.6 is 11.6 Å². The summed E-state index contributed by atoms with van der Waals surface area (Å²) in [5, 5.41) is 10.1. The second-order valence-electron chi connectivity index (χ2n) is 3.30. The summed E-state index contributed by atoms with van der Waals surface area (Å²) in [5.41, 5.74) is 0.682. The number of halogens is 1. The first-order valence-corrected chi connectivity index (χ1v) is 5.16. The van der Waals surface area contributed by atoms with Crippen molar-refractivity contribution in [1.82, 2.24) is 25.0 Å². The molecule has 0 unspecified atom stereocenters. The van der Waals surface area contributed by atoms with Crippen LogP contribution in [0.15, 0.2) is 18.5 Å². The van der Waals surface area contributed by atoms with Gasteiger partial charge in [-0.05, 0) is 13.0 Å². The molecule has 0 aliphatic heterocycles. The fourth-order valence-electron chi connectivity index (χ4n) is 1.21. The van der Waals surface area contributed by atoms with Gasteiger partial charge < -0.3 is 0 Å². The van der Waals surface area contributed by atoms with Crippen LogP contribution in [-0.2, 0) is 11.3 Å². The van der Waals surface area contributed by atoms with E-state index in [9.17, 15) is 4.79 Å². The predicted molar refractivity (Wildman–Crippen MR) is 60.4 cm³/mol. The number of aryl methyl sites for hydroxylation is 1. The SMILES string of the molecule is Cc1cc(Cl)nc(NC(=O)Cn2ccnn2)n1. The van der Waals surface area contributed by atoms with Gasteiger partial charge in [-0.3, -0.25) is 10.1 Å². The molecule has 0 fully saturated rings. The zero-order valence-corrected chi connectivity index (χ0v) is 9.72. The topological polar surface area (TPSA) is 85.6 Å². The Balaban J connectivity index is 2.03. The van der Waals surface area contributed by atoms with E-state index >= 15 is 0 Å². The lowest BCUT2D eigenvalue weighted by atomic mass is 10.4. The van der Waals surface area contributed by atoms with E-state index < -0.39 is 0 Å². The van der Waals surface area contributed by atoms with Gasteiger partial charge in [-0.25, -0.2) is 14.6 Å². The minimum Gasteiger partial charge on any atom is -0.293 e. The third-order valence-corrected chi connectivity index (χ3v) is 2.05. The first-order chi connectivity index (χ1) is 8.13. The molecule has 1 N–H and O–H groups in total. The van der Waals surface area contributed by atoms with Crippen LogP contribution < -0.4 is 5.32 Å². The van der Waals surface area contributed by atoms with Gasteiger partial charge in [-0.15, -0.1) is 5.10 Å². The fraction of sp³-hybridized carbons (Fsp3) is 0.222. The highest BCUT2D eigenvalue weighted by Gasteiger charge is 2.07. The summed E-state index contributed by atoms with van der Waals surface area (Å²) in [6, 6.07) is 1.61. The highest BCUT2D eigenvalue weighted by molar-refractivity contribution is 6.29. The maximum atomic E-state index is 11.6. The maximum Gasteiger partial charge on any atom is 0.248 e. The molecule has 8 heteroatoms. The van der Waals surface area contributed by atoms with E-state index in [1.165, 1.54) is 10.9 Å². The molecule has 7 nitrogen and oxygen atoms in total. The van der Waals surface area contributed by atoms with Crippen molar-refractivity contribution in [1.29, 1.82) is 0 Å². The minimum absolute atomic E-state index is 0.0505. The zero-order valence-electron chi connectivity index (χ0n) is 8.96. The van der Waals surface area contributed by atoms with Crippen LogP contribution in [0, 0.1) is 6.92 Å². The predicted octanol–water partition coefficient (Wildman–Crippen LogP) is 0.669. The van der Waals surface area contributed by atoms with Crippen molar-refractivity contribution in [2.24, 2.45) is 0 Å². The van der Waals surface area contributed by atoms with Gasteiger partial charge in [0, 0.05) is 11.9 Å². The van der Waals surface area contributed by atoms with Crippen molar-refractivity contribution in [3.8, 4) is 0 Å². The lowest BCUT2D eigenvalue weighted by molar-refractivity contribution is -0.117. The Kier molecular flexibility index (Phi) is 3.29. The van der Waals surface area contributed by atoms with Crippen LogP contribution in [0.25, 0.3) is 0 Å². The molecule has 17 heavy (non-hydrogen) atoms. The quantitative estimate of drug-likeness (QED) is 0.812. The molecular formula is C9H9ClN6O. The van der Waals surface area contributed by atoms with Gasteiger partial charge >= 0.3 is 0 Å². The van der Waals surface area contributed by atoms with Crippen molar-refractivity contribution >= 4 is 23.5 Å². The Morgan fingerprint density at radius 3 is 3.00 bits per heavy atom. The Morgan fingerprint density at radius 2 is 2.35 bits per heavy atom. The normalized spacial score (nSPS) is 10.2. The van der Waals surface area contributed by atoms with Crippen molar-refractivity contribution in [2.45, 2.75) is 13.5 Å². The van der Waals surface area contributed by atoms with Crippen molar-refractivity contribution < 1.29 is 4.79 Å². The van der Waals surface area contributed by atoms with E-state index in [-0.39, 0.29) is 23.6 Å². The van der Waals surface area contributed by atoms with Crippen molar-refractivity contribution in [3.05, 3.63) is 29.3 Å². The van der Waals surface area contributed by atoms with E-state index in [0.29, 0.717) is 5.69 Å². The van der Waals surface area contributed by atoms with E-state index in [2.05, 4.69) is 25.6 Å². The van der Waals surface area contributed by atoms with Gasteiger partial charge in [0.25, 0.3) is 0 Å². The van der Waals surface area contributed by atoms with E-state index in [1.54, 1.807) is 19.2 Å². The number of carbonyl (C=O) groups is 1. The number of amides is 1. The molecule has 2 rings (SSSR count). The lowest BCUT2D eigenvalue weighted by Crippen LogP contribution is -2.20. The standard InChI is InChI=1S/C9H9ClN6O/c1-6-4-7(10)13-9(12-6)14-8(17)5-16-3-2-11-15-16/h2-4H,5H2,1H3,(H,12,13,14,17). The third-order valence-electron chi connectivity index (χ3n) is 1.85. The summed E-state index contributed by atoms with van der Waals surface area (Å²) in [5.74, 6) is -0.114. The number of hydrogen-bond donors (Lipinski definition) is 1. The van der Waals surface area contributed by atoms with Crippen LogP contribution in [-0.4, -0.2) is 30.9 Å². The molecule has 88 valence electrons. The van der Waals surface area contributed by atoms with E-state index in [0.717, 1.165) is 0 Å². The number of aromatic nitrogens is 5. The second kappa shape index (κ2) is 4.88. The van der Waals surface area contributed by atoms with Gasteiger partial charge in [0.1, 0.15) is 11.7 Å². The van der Waals surface area contributed by atoms with Crippen molar-refractivity contribution in [2.75, 3.05) is 5.32 Å². The number of nitrogens with zero attached hydrogens (tertiary/aromatic N) is 5. The molecule has 0 aliphatic carbocycles. The molecule has 0 aliphatic rings. The van der Waals surface area contributed by atoms with Crippen LogP contribution in [0.2, 0.25) is 5.15 Å². The van der Waals surface area contributed by atoms with Gasteiger partial charge in [0.05, 0.1) is 6.20 Å². The maximum absolute atomic E-state index is 11.6. The monoisotopic (exact) mass is 252 g/mol. The molecule has 0 atom stereocenters. The van der Waals surface area contributed by atoms with Gasteiger partial charge in [-0.2, -0.15) is 0 Å². The number of rotatable bonds is 3. The number of hydrogen-bond acceptors (Lipinski definition) is 5. The summed E-state index contributed by atoms with van der Waals surface area (Å²) < 4.78 is 1.40. The molecule has 0 saturated carbocycles. The Bertz CT molecular complexity index is 506. The Labute approximate surface area is 102 Å². The lowest BCUT2D eigenvalue weighted by Gasteiger charge is -2.04. The van der Waals surface area contributed by atoms with E-state index in [1.807, 2.05) is 0 Å². The molecule has 0 aromatic carbocycles. The average molecular weight is 253 g/mol. The average Bonchev–Trinajstić information content (AvgIpc) is 2.67. The zero-order chi connectivity index (χ0) is 12.3. The molecule has 2 heterocycles. The summed E-state index contributed by atoms with van der Waals surface area (Å²) in [6.07, 6.45) is 3.08. The smallest absolute Gasteiger partial charge is 0.248 e. The number of carbonyl (C=O) groups excluding carboxylic acids is 1.